The van der Waals surface area contributed by atoms with Gasteiger partial charge in [-0.05, 0) is 48.1 Å². The molecule has 2 heterocycles. The summed E-state index contributed by atoms with van der Waals surface area (Å²) in [5, 5.41) is 5.20. The minimum absolute atomic E-state index is 0.0279. The van der Waals surface area contributed by atoms with Gasteiger partial charge in [-0.3, -0.25) is 9.69 Å². The molecular formula is C22H25N3O. The van der Waals surface area contributed by atoms with Crippen LogP contribution in [0.2, 0.25) is 0 Å². The molecule has 134 valence electrons. The Morgan fingerprint density at radius 1 is 1.12 bits per heavy atom. The van der Waals surface area contributed by atoms with Crippen LogP contribution in [0.4, 0.5) is 0 Å². The first-order chi connectivity index (χ1) is 12.6. The van der Waals surface area contributed by atoms with E-state index in [-0.39, 0.29) is 5.56 Å². The first-order valence-electron chi connectivity index (χ1n) is 9.28. The molecule has 1 aliphatic rings. The zero-order chi connectivity index (χ0) is 18.1. The Kier molecular flexibility index (Phi) is 4.62. The van der Waals surface area contributed by atoms with E-state index in [1.807, 2.05) is 25.1 Å². The third-order valence-electron chi connectivity index (χ3n) is 5.40. The second kappa shape index (κ2) is 7.06. The van der Waals surface area contributed by atoms with Crippen molar-refractivity contribution in [1.29, 1.82) is 0 Å². The Bertz CT molecular complexity index is 975. The Morgan fingerprint density at radius 2 is 1.92 bits per heavy atom. The summed E-state index contributed by atoms with van der Waals surface area (Å²) < 4.78 is 0. The summed E-state index contributed by atoms with van der Waals surface area (Å²) in [4.78, 5) is 18.0. The zero-order valence-electron chi connectivity index (χ0n) is 15.4. The van der Waals surface area contributed by atoms with Crippen LogP contribution in [0.1, 0.15) is 18.1 Å². The Morgan fingerprint density at radius 3 is 2.69 bits per heavy atom. The first kappa shape index (κ1) is 17.0. The van der Waals surface area contributed by atoms with Gasteiger partial charge >= 0.3 is 0 Å². The molecule has 26 heavy (non-hydrogen) atoms. The molecule has 1 aromatic heterocycles. The van der Waals surface area contributed by atoms with Gasteiger partial charge in [-0.1, -0.05) is 36.4 Å². The summed E-state index contributed by atoms with van der Waals surface area (Å²) in [5.74, 6) is 0. The summed E-state index contributed by atoms with van der Waals surface area (Å²) in [5.41, 5.74) is 4.32. The first-order valence-corrected chi connectivity index (χ1v) is 9.28. The summed E-state index contributed by atoms with van der Waals surface area (Å²) >= 11 is 0. The molecule has 0 aliphatic carbocycles. The molecule has 2 aromatic carbocycles. The standard InChI is InChI=1S/C22H25N3O/c1-15-4-3-5-19-20(15)12-21(24-22(19)26)18-8-6-17(7-9-18)14-25-11-10-23-13-16(25)2/h3-9,12,16,23H,10-11,13-14H2,1-2H3,(H,24,26). The number of pyridine rings is 1. The number of H-pyrrole nitrogens is 1. The van der Waals surface area contributed by atoms with Gasteiger partial charge in [0.05, 0.1) is 0 Å². The Labute approximate surface area is 153 Å². The number of piperazine rings is 1. The van der Waals surface area contributed by atoms with Crippen LogP contribution in [0.15, 0.2) is 53.3 Å². The van der Waals surface area contributed by atoms with Crippen LogP contribution in [0.25, 0.3) is 22.0 Å². The van der Waals surface area contributed by atoms with E-state index in [0.717, 1.165) is 53.8 Å². The van der Waals surface area contributed by atoms with Crippen LogP contribution < -0.4 is 10.9 Å². The Hall–Kier alpha value is -2.43. The number of hydrogen-bond donors (Lipinski definition) is 2. The van der Waals surface area contributed by atoms with Crippen LogP contribution >= 0.6 is 0 Å². The zero-order valence-corrected chi connectivity index (χ0v) is 15.4. The topological polar surface area (TPSA) is 48.1 Å². The van der Waals surface area contributed by atoms with Gasteiger partial charge in [0.1, 0.15) is 0 Å². The van der Waals surface area contributed by atoms with Gasteiger partial charge < -0.3 is 10.3 Å². The van der Waals surface area contributed by atoms with Crippen molar-refractivity contribution in [2.24, 2.45) is 0 Å². The van der Waals surface area contributed by atoms with Crippen LogP contribution in [0.5, 0.6) is 0 Å². The lowest BCUT2D eigenvalue weighted by atomic mass is 10.0. The SMILES string of the molecule is Cc1cccc2c(=O)[nH]c(-c3ccc(CN4CCNCC4C)cc3)cc12. The lowest BCUT2D eigenvalue weighted by Gasteiger charge is -2.33. The molecule has 0 radical (unpaired) electrons. The normalized spacial score (nSPS) is 18.3. The van der Waals surface area contributed by atoms with E-state index in [2.05, 4.69) is 52.5 Å². The van der Waals surface area contributed by atoms with Gasteiger partial charge in [0.25, 0.3) is 5.56 Å². The van der Waals surface area contributed by atoms with Gasteiger partial charge in [-0.15, -0.1) is 0 Å². The summed E-state index contributed by atoms with van der Waals surface area (Å²) in [6.45, 7) is 8.47. The van der Waals surface area contributed by atoms with Gasteiger partial charge in [0.2, 0.25) is 0 Å². The smallest absolute Gasteiger partial charge is 0.256 e. The molecule has 1 aliphatic heterocycles. The maximum absolute atomic E-state index is 12.4. The molecule has 1 unspecified atom stereocenters. The number of benzene rings is 2. The van der Waals surface area contributed by atoms with Crippen LogP contribution in [-0.2, 0) is 6.54 Å². The third-order valence-corrected chi connectivity index (χ3v) is 5.40. The van der Waals surface area contributed by atoms with Crippen LogP contribution in [0, 0.1) is 6.92 Å². The van der Waals surface area contributed by atoms with Crippen molar-refractivity contribution in [3.05, 3.63) is 70.0 Å². The quantitative estimate of drug-likeness (QED) is 0.764. The van der Waals surface area contributed by atoms with Crippen LogP contribution in [-0.4, -0.2) is 35.6 Å². The van der Waals surface area contributed by atoms with Gasteiger partial charge in [0.15, 0.2) is 0 Å². The fraction of sp³-hybridized carbons (Fsp3) is 0.318. The lowest BCUT2D eigenvalue weighted by molar-refractivity contribution is 0.165. The largest absolute Gasteiger partial charge is 0.321 e. The van der Waals surface area contributed by atoms with Crippen molar-refractivity contribution in [2.75, 3.05) is 19.6 Å². The highest BCUT2D eigenvalue weighted by atomic mass is 16.1. The minimum Gasteiger partial charge on any atom is -0.321 e. The molecule has 1 fully saturated rings. The average molecular weight is 347 g/mol. The van der Waals surface area contributed by atoms with Gasteiger partial charge in [-0.2, -0.15) is 0 Å². The highest BCUT2D eigenvalue weighted by Gasteiger charge is 2.17. The molecule has 1 saturated heterocycles. The molecule has 3 aromatic rings. The number of aromatic nitrogens is 1. The highest BCUT2D eigenvalue weighted by Crippen LogP contribution is 2.23. The fourth-order valence-electron chi connectivity index (χ4n) is 3.74. The van der Waals surface area contributed by atoms with E-state index in [1.54, 1.807) is 0 Å². The van der Waals surface area contributed by atoms with E-state index in [0.29, 0.717) is 6.04 Å². The monoisotopic (exact) mass is 347 g/mol. The molecule has 4 rings (SSSR count). The van der Waals surface area contributed by atoms with E-state index in [1.165, 1.54) is 5.56 Å². The molecule has 0 amide bonds. The second-order valence-electron chi connectivity index (χ2n) is 7.27. The predicted molar refractivity (Wildman–Crippen MR) is 107 cm³/mol. The number of nitrogens with zero attached hydrogens (tertiary/aromatic N) is 1. The highest BCUT2D eigenvalue weighted by molar-refractivity contribution is 5.87. The molecule has 2 N–H and O–H groups in total. The predicted octanol–water partition coefficient (Wildman–Crippen LogP) is 3.30. The van der Waals surface area contributed by atoms with E-state index in [4.69, 9.17) is 0 Å². The molecular weight excluding hydrogens is 322 g/mol. The number of nitrogens with one attached hydrogen (secondary N) is 2. The number of aryl methyl sites for hydroxylation is 1. The van der Waals surface area contributed by atoms with E-state index in [9.17, 15) is 4.79 Å². The number of fused-ring (bicyclic) bond motifs is 1. The lowest BCUT2D eigenvalue weighted by Crippen LogP contribution is -2.49. The van der Waals surface area contributed by atoms with Crippen molar-refractivity contribution in [2.45, 2.75) is 26.4 Å². The van der Waals surface area contributed by atoms with Crippen molar-refractivity contribution in [3.8, 4) is 11.3 Å². The molecule has 0 bridgehead atoms. The van der Waals surface area contributed by atoms with Crippen molar-refractivity contribution in [1.82, 2.24) is 15.2 Å². The second-order valence-corrected chi connectivity index (χ2v) is 7.27. The van der Waals surface area contributed by atoms with E-state index < -0.39 is 0 Å². The van der Waals surface area contributed by atoms with Gasteiger partial charge in [-0.25, -0.2) is 0 Å². The maximum atomic E-state index is 12.4. The minimum atomic E-state index is -0.0279. The van der Waals surface area contributed by atoms with Crippen molar-refractivity contribution in [3.63, 3.8) is 0 Å². The average Bonchev–Trinajstić information content (AvgIpc) is 2.65. The summed E-state index contributed by atoms with van der Waals surface area (Å²) in [7, 11) is 0. The maximum Gasteiger partial charge on any atom is 0.256 e. The third kappa shape index (κ3) is 3.30. The van der Waals surface area contributed by atoms with E-state index >= 15 is 0 Å². The molecule has 0 spiro atoms. The van der Waals surface area contributed by atoms with Gasteiger partial charge in [0, 0.05) is 43.3 Å². The number of hydrogen-bond acceptors (Lipinski definition) is 3. The molecule has 0 saturated carbocycles. The number of aromatic amines is 1. The summed E-state index contributed by atoms with van der Waals surface area (Å²) in [6.07, 6.45) is 0. The van der Waals surface area contributed by atoms with Crippen LogP contribution in [0.3, 0.4) is 0 Å². The fourth-order valence-corrected chi connectivity index (χ4v) is 3.74. The van der Waals surface area contributed by atoms with Crippen molar-refractivity contribution >= 4 is 10.8 Å². The number of rotatable bonds is 3. The molecule has 4 heteroatoms. The Balaban J connectivity index is 1.62. The summed E-state index contributed by atoms with van der Waals surface area (Å²) in [6, 6.07) is 17.1. The molecule has 4 nitrogen and oxygen atoms in total. The van der Waals surface area contributed by atoms with Crippen molar-refractivity contribution < 1.29 is 0 Å². The molecule has 1 atom stereocenters.